The van der Waals surface area contributed by atoms with Crippen molar-refractivity contribution in [1.29, 1.82) is 0 Å². The van der Waals surface area contributed by atoms with Crippen LogP contribution in [0.2, 0.25) is 5.15 Å². The monoisotopic (exact) mass is 344 g/mol. The highest BCUT2D eigenvalue weighted by atomic mass is 35.5. The molecule has 0 spiro atoms. The van der Waals surface area contributed by atoms with E-state index in [1.807, 2.05) is 0 Å². The molecule has 0 radical (unpaired) electrons. The van der Waals surface area contributed by atoms with E-state index in [4.69, 9.17) is 11.6 Å². The molecule has 0 atom stereocenters. The normalized spacial score (nSPS) is 10.6. The number of carbonyl (C=O) groups excluding carboxylic acids is 1. The highest BCUT2D eigenvalue weighted by molar-refractivity contribution is 6.33. The van der Waals surface area contributed by atoms with Crippen molar-refractivity contribution in [3.8, 4) is 0 Å². The van der Waals surface area contributed by atoms with E-state index in [1.165, 1.54) is 16.8 Å². The van der Waals surface area contributed by atoms with Crippen LogP contribution in [0.4, 0.5) is 10.1 Å². The van der Waals surface area contributed by atoms with Gasteiger partial charge in [0.05, 0.1) is 17.8 Å². The van der Waals surface area contributed by atoms with Gasteiger partial charge in [0.25, 0.3) is 5.91 Å². The van der Waals surface area contributed by atoms with Gasteiger partial charge < -0.3 is 5.32 Å². The Balaban J connectivity index is 1.83. The van der Waals surface area contributed by atoms with Crippen LogP contribution < -0.4 is 5.32 Å². The van der Waals surface area contributed by atoms with Gasteiger partial charge in [-0.25, -0.2) is 9.07 Å². The summed E-state index contributed by atoms with van der Waals surface area (Å²) >= 11 is 6.33. The fraction of sp³-hybridized carbons (Fsp3) is 0.118. The number of anilines is 1. The number of nitrogens with zero attached hydrogens (tertiary/aromatic N) is 3. The molecule has 0 aliphatic carbocycles. The van der Waals surface area contributed by atoms with Crippen LogP contribution in [-0.2, 0) is 6.54 Å². The van der Waals surface area contributed by atoms with Crippen LogP contribution in [0, 0.1) is 12.7 Å². The number of pyridine rings is 1. The Morgan fingerprint density at radius 2 is 1.88 bits per heavy atom. The fourth-order valence-electron chi connectivity index (χ4n) is 2.31. The van der Waals surface area contributed by atoms with E-state index in [0.29, 0.717) is 23.5 Å². The van der Waals surface area contributed by atoms with Crippen LogP contribution in [0.5, 0.6) is 0 Å². The molecule has 0 fully saturated rings. The summed E-state index contributed by atoms with van der Waals surface area (Å²) in [6.07, 6.45) is 3.17. The van der Waals surface area contributed by atoms with Gasteiger partial charge in [-0.1, -0.05) is 23.7 Å². The number of amides is 1. The van der Waals surface area contributed by atoms with E-state index in [2.05, 4.69) is 15.4 Å². The van der Waals surface area contributed by atoms with Crippen molar-refractivity contribution in [2.45, 2.75) is 13.5 Å². The maximum atomic E-state index is 13.0. The molecule has 0 unspecified atom stereocenters. The number of hydrogen-bond donors (Lipinski definition) is 1. The summed E-state index contributed by atoms with van der Waals surface area (Å²) in [5.41, 5.74) is 2.29. The minimum Gasteiger partial charge on any atom is -0.322 e. The molecule has 3 rings (SSSR count). The maximum absolute atomic E-state index is 13.0. The number of aryl methyl sites for hydroxylation is 1. The Bertz CT molecular complexity index is 862. The summed E-state index contributed by atoms with van der Waals surface area (Å²) in [6.45, 7) is 2.07. The van der Waals surface area contributed by atoms with Gasteiger partial charge in [-0.15, -0.1) is 0 Å². The summed E-state index contributed by atoms with van der Waals surface area (Å²) in [4.78, 5) is 16.3. The third-order valence-corrected chi connectivity index (χ3v) is 3.86. The molecule has 0 saturated heterocycles. The van der Waals surface area contributed by atoms with Crippen LogP contribution in [0.3, 0.4) is 0 Å². The van der Waals surface area contributed by atoms with E-state index < -0.39 is 0 Å². The summed E-state index contributed by atoms with van der Waals surface area (Å²) < 4.78 is 14.5. The van der Waals surface area contributed by atoms with E-state index >= 15 is 0 Å². The quantitative estimate of drug-likeness (QED) is 0.785. The SMILES string of the molecule is Cc1nn(Cc2ccc(F)cc2)c(Cl)c1C(=O)Nc1ccncc1. The van der Waals surface area contributed by atoms with E-state index in [1.54, 1.807) is 43.6 Å². The van der Waals surface area contributed by atoms with Crippen molar-refractivity contribution in [3.63, 3.8) is 0 Å². The van der Waals surface area contributed by atoms with Gasteiger partial charge in [0.1, 0.15) is 11.0 Å². The third-order valence-electron chi connectivity index (χ3n) is 3.48. The highest BCUT2D eigenvalue weighted by Crippen LogP contribution is 2.22. The number of rotatable bonds is 4. The van der Waals surface area contributed by atoms with Gasteiger partial charge in [-0.05, 0) is 36.8 Å². The summed E-state index contributed by atoms with van der Waals surface area (Å²) in [5, 5.41) is 7.31. The molecule has 122 valence electrons. The molecule has 5 nitrogen and oxygen atoms in total. The Labute approximate surface area is 143 Å². The smallest absolute Gasteiger partial charge is 0.260 e. The lowest BCUT2D eigenvalue weighted by Gasteiger charge is -2.05. The largest absolute Gasteiger partial charge is 0.322 e. The molecule has 1 aromatic carbocycles. The van der Waals surface area contributed by atoms with Crippen molar-refractivity contribution in [3.05, 3.63) is 76.6 Å². The first-order chi connectivity index (χ1) is 11.5. The summed E-state index contributed by atoms with van der Waals surface area (Å²) in [6, 6.07) is 9.42. The third kappa shape index (κ3) is 3.44. The number of carbonyl (C=O) groups is 1. The minimum atomic E-state index is -0.339. The molecule has 0 aliphatic heterocycles. The zero-order valence-corrected chi connectivity index (χ0v) is 13.6. The molecule has 0 bridgehead atoms. The highest BCUT2D eigenvalue weighted by Gasteiger charge is 2.20. The van der Waals surface area contributed by atoms with Crippen molar-refractivity contribution >= 4 is 23.2 Å². The number of benzene rings is 1. The van der Waals surface area contributed by atoms with Crippen LogP contribution >= 0.6 is 11.6 Å². The average Bonchev–Trinajstić information content (AvgIpc) is 2.84. The van der Waals surface area contributed by atoms with Gasteiger partial charge in [0, 0.05) is 18.1 Å². The lowest BCUT2D eigenvalue weighted by molar-refractivity contribution is 0.102. The van der Waals surface area contributed by atoms with Crippen molar-refractivity contribution in [2.24, 2.45) is 0 Å². The Hall–Kier alpha value is -2.73. The standard InChI is InChI=1S/C17H14ClFN4O/c1-11-15(17(24)21-14-6-8-20-9-7-14)16(18)23(22-11)10-12-2-4-13(19)5-3-12/h2-9H,10H2,1H3,(H,20,21,24). The molecule has 0 aliphatic rings. The summed E-state index contributed by atoms with van der Waals surface area (Å²) in [7, 11) is 0. The number of nitrogens with one attached hydrogen (secondary N) is 1. The first kappa shape index (κ1) is 16.1. The van der Waals surface area contributed by atoms with Crippen LogP contribution in [0.25, 0.3) is 0 Å². The zero-order chi connectivity index (χ0) is 17.1. The molecular weight excluding hydrogens is 331 g/mol. The molecular formula is C17H14ClFN4O. The topological polar surface area (TPSA) is 59.8 Å². The fourth-order valence-corrected chi connectivity index (χ4v) is 2.63. The van der Waals surface area contributed by atoms with Crippen molar-refractivity contribution < 1.29 is 9.18 Å². The van der Waals surface area contributed by atoms with E-state index in [-0.39, 0.29) is 16.9 Å². The first-order valence-electron chi connectivity index (χ1n) is 7.23. The average molecular weight is 345 g/mol. The van der Waals surface area contributed by atoms with Crippen LogP contribution in [-0.4, -0.2) is 20.7 Å². The zero-order valence-electron chi connectivity index (χ0n) is 12.8. The predicted molar refractivity (Wildman–Crippen MR) is 89.7 cm³/mol. The Morgan fingerprint density at radius 3 is 2.54 bits per heavy atom. The number of halogens is 2. The lowest BCUT2D eigenvalue weighted by Crippen LogP contribution is -2.13. The second-order valence-electron chi connectivity index (χ2n) is 5.23. The summed E-state index contributed by atoms with van der Waals surface area (Å²) in [5.74, 6) is -0.645. The van der Waals surface area contributed by atoms with Crippen molar-refractivity contribution in [1.82, 2.24) is 14.8 Å². The minimum absolute atomic E-state index is 0.239. The van der Waals surface area contributed by atoms with E-state index in [0.717, 1.165) is 5.56 Å². The number of aromatic nitrogens is 3. The predicted octanol–water partition coefficient (Wildman–Crippen LogP) is 3.68. The van der Waals surface area contributed by atoms with Gasteiger partial charge in [-0.2, -0.15) is 5.10 Å². The van der Waals surface area contributed by atoms with Gasteiger partial charge >= 0.3 is 0 Å². The van der Waals surface area contributed by atoms with Gasteiger partial charge in [-0.3, -0.25) is 9.78 Å². The first-order valence-corrected chi connectivity index (χ1v) is 7.61. The second-order valence-corrected chi connectivity index (χ2v) is 5.58. The lowest BCUT2D eigenvalue weighted by atomic mass is 10.2. The van der Waals surface area contributed by atoms with Gasteiger partial charge in [0.2, 0.25) is 0 Å². The second kappa shape index (κ2) is 6.80. The molecule has 0 saturated carbocycles. The van der Waals surface area contributed by atoms with Crippen LogP contribution in [0.1, 0.15) is 21.6 Å². The van der Waals surface area contributed by atoms with Crippen molar-refractivity contribution in [2.75, 3.05) is 5.32 Å². The molecule has 2 heterocycles. The van der Waals surface area contributed by atoms with E-state index in [9.17, 15) is 9.18 Å². The van der Waals surface area contributed by atoms with Crippen LogP contribution in [0.15, 0.2) is 48.8 Å². The van der Waals surface area contributed by atoms with Gasteiger partial charge in [0.15, 0.2) is 0 Å². The molecule has 7 heteroatoms. The maximum Gasteiger partial charge on any atom is 0.260 e. The Kier molecular flexibility index (Phi) is 4.57. The number of hydrogen-bond acceptors (Lipinski definition) is 3. The molecule has 2 aromatic heterocycles. The molecule has 1 amide bonds. The Morgan fingerprint density at radius 1 is 1.21 bits per heavy atom. The molecule has 24 heavy (non-hydrogen) atoms. The molecule has 3 aromatic rings. The molecule has 1 N–H and O–H groups in total.